The molecule has 1 saturated heterocycles. The summed E-state index contributed by atoms with van der Waals surface area (Å²) in [6.07, 6.45) is 9.32. The van der Waals surface area contributed by atoms with E-state index in [-0.39, 0.29) is 6.10 Å². The van der Waals surface area contributed by atoms with Crippen LogP contribution in [0.15, 0.2) is 36.4 Å². The van der Waals surface area contributed by atoms with E-state index in [4.69, 9.17) is 0 Å². The lowest BCUT2D eigenvalue weighted by Crippen LogP contribution is -2.35. The van der Waals surface area contributed by atoms with Crippen LogP contribution in [0.5, 0.6) is 0 Å². The number of para-hydroxylation sites is 1. The van der Waals surface area contributed by atoms with Crippen LogP contribution in [0.3, 0.4) is 0 Å². The summed E-state index contributed by atoms with van der Waals surface area (Å²) in [5.41, 5.74) is 2.69. The topological polar surface area (TPSA) is 35.5 Å². The highest BCUT2D eigenvalue weighted by atomic mass is 16.3. The van der Waals surface area contributed by atoms with Gasteiger partial charge in [0, 0.05) is 31.9 Å². The Hall–Kier alpha value is -1.32. The van der Waals surface area contributed by atoms with Crippen molar-refractivity contribution in [3.8, 4) is 0 Å². The van der Waals surface area contributed by atoms with Crippen LogP contribution in [0, 0.1) is 17.8 Å². The van der Waals surface area contributed by atoms with Crippen LogP contribution in [-0.2, 0) is 6.54 Å². The number of rotatable bonds is 5. The van der Waals surface area contributed by atoms with Gasteiger partial charge in [0.05, 0.1) is 6.10 Å². The van der Waals surface area contributed by atoms with E-state index in [1.165, 1.54) is 24.1 Å². The molecule has 3 heteroatoms. The van der Waals surface area contributed by atoms with Gasteiger partial charge >= 0.3 is 0 Å². The molecule has 1 heterocycles. The molecule has 3 unspecified atom stereocenters. The van der Waals surface area contributed by atoms with E-state index >= 15 is 0 Å². The van der Waals surface area contributed by atoms with E-state index in [1.54, 1.807) is 0 Å². The average molecular weight is 312 g/mol. The molecule has 1 aromatic carbocycles. The zero-order chi connectivity index (χ0) is 15.6. The highest BCUT2D eigenvalue weighted by molar-refractivity contribution is 5.51. The lowest BCUT2D eigenvalue weighted by atomic mass is 9.93. The first kappa shape index (κ1) is 15.2. The number of nitrogens with one attached hydrogen (secondary N) is 1. The van der Waals surface area contributed by atoms with E-state index in [9.17, 15) is 5.11 Å². The van der Waals surface area contributed by atoms with Crippen molar-refractivity contribution in [2.45, 2.75) is 38.3 Å². The van der Waals surface area contributed by atoms with Gasteiger partial charge in [-0.3, -0.25) is 4.90 Å². The Labute approximate surface area is 139 Å². The summed E-state index contributed by atoms with van der Waals surface area (Å²) < 4.78 is 0. The smallest absolute Gasteiger partial charge is 0.0564 e. The molecule has 0 aromatic heterocycles. The molecule has 23 heavy (non-hydrogen) atoms. The van der Waals surface area contributed by atoms with E-state index < -0.39 is 0 Å². The Morgan fingerprint density at radius 1 is 1.09 bits per heavy atom. The second kappa shape index (κ2) is 6.66. The summed E-state index contributed by atoms with van der Waals surface area (Å²) in [7, 11) is 0. The Kier molecular flexibility index (Phi) is 4.41. The van der Waals surface area contributed by atoms with Crippen molar-refractivity contribution in [1.29, 1.82) is 0 Å². The Morgan fingerprint density at radius 3 is 2.65 bits per heavy atom. The summed E-state index contributed by atoms with van der Waals surface area (Å²) in [4.78, 5) is 2.47. The summed E-state index contributed by atoms with van der Waals surface area (Å²) in [6.45, 7) is 4.10. The molecule has 1 aromatic rings. The minimum absolute atomic E-state index is 0.0922. The molecule has 3 atom stereocenters. The predicted molar refractivity (Wildman–Crippen MR) is 94.3 cm³/mol. The van der Waals surface area contributed by atoms with Crippen LogP contribution in [0.25, 0.3) is 0 Å². The molecule has 0 amide bonds. The molecule has 0 radical (unpaired) electrons. The summed E-state index contributed by atoms with van der Waals surface area (Å²) >= 11 is 0. The van der Waals surface area contributed by atoms with Gasteiger partial charge in [0.2, 0.25) is 0 Å². The van der Waals surface area contributed by atoms with Crippen molar-refractivity contribution in [3.05, 3.63) is 42.0 Å². The normalized spacial score (nSPS) is 30.9. The number of fused-ring (bicyclic) bond motifs is 2. The third kappa shape index (κ3) is 3.46. The van der Waals surface area contributed by atoms with Crippen molar-refractivity contribution in [3.63, 3.8) is 0 Å². The number of hydrogen-bond donors (Lipinski definition) is 2. The Balaban J connectivity index is 1.36. The minimum atomic E-state index is -0.0922. The minimum Gasteiger partial charge on any atom is -0.393 e. The third-order valence-electron chi connectivity index (χ3n) is 5.94. The number of anilines is 1. The van der Waals surface area contributed by atoms with Crippen molar-refractivity contribution < 1.29 is 5.11 Å². The molecule has 2 bridgehead atoms. The molecule has 4 rings (SSSR count). The maximum absolute atomic E-state index is 9.66. The number of likely N-dealkylation sites (tertiary alicyclic amines) is 1. The molecule has 2 fully saturated rings. The quantitative estimate of drug-likeness (QED) is 0.819. The van der Waals surface area contributed by atoms with Crippen molar-refractivity contribution in [1.82, 2.24) is 4.90 Å². The van der Waals surface area contributed by atoms with Gasteiger partial charge in [-0.2, -0.15) is 0 Å². The number of hydrogen-bond acceptors (Lipinski definition) is 3. The van der Waals surface area contributed by atoms with Gasteiger partial charge in [0.1, 0.15) is 0 Å². The van der Waals surface area contributed by atoms with Gasteiger partial charge < -0.3 is 10.4 Å². The van der Waals surface area contributed by atoms with E-state index in [0.717, 1.165) is 56.8 Å². The van der Waals surface area contributed by atoms with E-state index in [2.05, 4.69) is 46.6 Å². The van der Waals surface area contributed by atoms with Crippen molar-refractivity contribution in [2.75, 3.05) is 25.0 Å². The standard InChI is InChI=1S/C20H28N2O/c23-19-7-9-22(10-8-19)14-17-3-1-2-4-20(17)21-13-18-12-15-5-6-16(18)11-15/h1-6,15-16,18-19,21,23H,7-14H2. The second-order valence-corrected chi connectivity index (χ2v) is 7.59. The lowest BCUT2D eigenvalue weighted by molar-refractivity contribution is 0.0793. The lowest BCUT2D eigenvalue weighted by Gasteiger charge is -2.30. The van der Waals surface area contributed by atoms with Gasteiger partial charge in [-0.15, -0.1) is 0 Å². The Bertz CT molecular complexity index is 563. The molecule has 0 spiro atoms. The largest absolute Gasteiger partial charge is 0.393 e. The van der Waals surface area contributed by atoms with E-state index in [0.29, 0.717) is 0 Å². The highest BCUT2D eigenvalue weighted by Gasteiger charge is 2.35. The van der Waals surface area contributed by atoms with Gasteiger partial charge in [-0.25, -0.2) is 0 Å². The fourth-order valence-electron chi connectivity index (χ4n) is 4.52. The fraction of sp³-hybridized carbons (Fsp3) is 0.600. The number of piperidine rings is 1. The van der Waals surface area contributed by atoms with Crippen LogP contribution in [-0.4, -0.2) is 35.7 Å². The molecule has 1 saturated carbocycles. The van der Waals surface area contributed by atoms with Crippen LogP contribution in [0.2, 0.25) is 0 Å². The number of allylic oxidation sites excluding steroid dienone is 2. The number of aliphatic hydroxyl groups excluding tert-OH is 1. The van der Waals surface area contributed by atoms with Gasteiger partial charge in [-0.1, -0.05) is 30.4 Å². The Morgan fingerprint density at radius 2 is 1.91 bits per heavy atom. The summed E-state index contributed by atoms with van der Waals surface area (Å²) in [6, 6.07) is 8.73. The van der Waals surface area contributed by atoms with Crippen molar-refractivity contribution >= 4 is 5.69 Å². The van der Waals surface area contributed by atoms with Gasteiger partial charge in [0.15, 0.2) is 0 Å². The zero-order valence-corrected chi connectivity index (χ0v) is 13.8. The average Bonchev–Trinajstić information content (AvgIpc) is 3.19. The summed E-state index contributed by atoms with van der Waals surface area (Å²) in [5, 5.41) is 13.4. The van der Waals surface area contributed by atoms with Crippen LogP contribution in [0.4, 0.5) is 5.69 Å². The monoisotopic (exact) mass is 312 g/mol. The van der Waals surface area contributed by atoms with Crippen LogP contribution < -0.4 is 5.32 Å². The number of benzene rings is 1. The first-order chi connectivity index (χ1) is 11.3. The van der Waals surface area contributed by atoms with Gasteiger partial charge in [0.25, 0.3) is 0 Å². The number of aliphatic hydroxyl groups is 1. The second-order valence-electron chi connectivity index (χ2n) is 7.59. The fourth-order valence-corrected chi connectivity index (χ4v) is 4.52. The molecule has 124 valence electrons. The maximum Gasteiger partial charge on any atom is 0.0564 e. The molecule has 2 aliphatic carbocycles. The van der Waals surface area contributed by atoms with Crippen LogP contribution >= 0.6 is 0 Å². The molecule has 3 nitrogen and oxygen atoms in total. The predicted octanol–water partition coefficient (Wildman–Crippen LogP) is 3.27. The van der Waals surface area contributed by atoms with E-state index in [1.807, 2.05) is 0 Å². The highest BCUT2D eigenvalue weighted by Crippen LogP contribution is 2.43. The molecular formula is C20H28N2O. The first-order valence-corrected chi connectivity index (χ1v) is 9.18. The molecular weight excluding hydrogens is 284 g/mol. The third-order valence-corrected chi connectivity index (χ3v) is 5.94. The summed E-state index contributed by atoms with van der Waals surface area (Å²) in [5.74, 6) is 2.47. The molecule has 2 N–H and O–H groups in total. The first-order valence-electron chi connectivity index (χ1n) is 9.18. The van der Waals surface area contributed by atoms with Gasteiger partial charge in [-0.05, 0) is 55.1 Å². The molecule has 1 aliphatic heterocycles. The molecule has 3 aliphatic rings. The van der Waals surface area contributed by atoms with Crippen LogP contribution in [0.1, 0.15) is 31.2 Å². The number of nitrogens with zero attached hydrogens (tertiary/aromatic N) is 1. The maximum atomic E-state index is 9.66. The van der Waals surface area contributed by atoms with Crippen molar-refractivity contribution in [2.24, 2.45) is 17.8 Å². The zero-order valence-electron chi connectivity index (χ0n) is 13.8. The SMILES string of the molecule is OC1CCN(Cc2ccccc2NCC2CC3C=CC2C3)CC1.